The second-order valence-electron chi connectivity index (χ2n) is 8.55. The van der Waals surface area contributed by atoms with Crippen molar-refractivity contribution in [1.82, 2.24) is 0 Å². The first kappa shape index (κ1) is 18.8. The number of hydrogen-bond donors (Lipinski definition) is 0. The molecule has 0 aromatic heterocycles. The van der Waals surface area contributed by atoms with Crippen molar-refractivity contribution in [2.75, 3.05) is 0 Å². The summed E-state index contributed by atoms with van der Waals surface area (Å²) >= 11 is 0. The lowest BCUT2D eigenvalue weighted by Crippen LogP contribution is -2.30. The Labute approximate surface area is 158 Å². The van der Waals surface area contributed by atoms with E-state index in [2.05, 4.69) is 6.92 Å². The van der Waals surface area contributed by atoms with Crippen LogP contribution in [0.5, 0.6) is 0 Å². The molecular weight excluding hydrogens is 352 g/mol. The van der Waals surface area contributed by atoms with Gasteiger partial charge < -0.3 is 0 Å². The van der Waals surface area contributed by atoms with Crippen LogP contribution in [0, 0.1) is 23.6 Å². The molecule has 2 saturated carbocycles. The summed E-state index contributed by atoms with van der Waals surface area (Å²) in [6.07, 6.45) is 4.06. The fourth-order valence-electron chi connectivity index (χ4n) is 5.41. The smallest absolute Gasteiger partial charge is 0.206 e. The summed E-state index contributed by atoms with van der Waals surface area (Å²) < 4.78 is 53.4. The summed E-state index contributed by atoms with van der Waals surface area (Å²) in [5.41, 5.74) is 0.158. The highest BCUT2D eigenvalue weighted by molar-refractivity contribution is 5.84. The Morgan fingerprint density at radius 1 is 0.926 bits per heavy atom. The minimum Gasteiger partial charge on any atom is -0.206 e. The quantitative estimate of drug-likeness (QED) is 0.470. The fourth-order valence-corrected chi connectivity index (χ4v) is 5.41. The number of fused-ring (bicyclic) bond motifs is 2. The first-order valence-electron chi connectivity index (χ1n) is 10.2. The minimum absolute atomic E-state index is 0.0608. The normalized spacial score (nSPS) is 28.9. The van der Waals surface area contributed by atoms with Crippen LogP contribution in [0.4, 0.5) is 17.6 Å². The van der Waals surface area contributed by atoms with Crippen molar-refractivity contribution in [3.63, 3.8) is 0 Å². The standard InChI is InChI=1S/C23H26F4/c1-2-14-3-4-16-10-17(6-5-15(16)9-14)19-11-18-7-8-20(23(25,26)27)13-21(18)22(24)12-19/h7-8,11-17H,2-6,9-10H2,1H3/t14-,15?,16-,17?/m1/s1. The van der Waals surface area contributed by atoms with Gasteiger partial charge in [0.1, 0.15) is 5.82 Å². The van der Waals surface area contributed by atoms with Gasteiger partial charge in [-0.25, -0.2) is 4.39 Å². The van der Waals surface area contributed by atoms with Crippen LogP contribution in [0.15, 0.2) is 30.3 Å². The molecule has 0 bridgehead atoms. The van der Waals surface area contributed by atoms with E-state index in [0.717, 1.165) is 48.3 Å². The lowest BCUT2D eigenvalue weighted by Gasteiger charge is -2.42. The summed E-state index contributed by atoms with van der Waals surface area (Å²) in [5.74, 6) is 2.18. The zero-order chi connectivity index (χ0) is 19.2. The molecule has 0 N–H and O–H groups in total. The van der Waals surface area contributed by atoms with Crippen molar-refractivity contribution in [2.24, 2.45) is 17.8 Å². The Balaban J connectivity index is 1.58. The Bertz CT molecular complexity index is 823. The van der Waals surface area contributed by atoms with Crippen molar-refractivity contribution < 1.29 is 17.6 Å². The van der Waals surface area contributed by atoms with E-state index in [1.807, 2.05) is 6.07 Å². The molecule has 0 spiro atoms. The summed E-state index contributed by atoms with van der Waals surface area (Å²) in [7, 11) is 0. The Hall–Kier alpha value is -1.58. The van der Waals surface area contributed by atoms with Crippen LogP contribution < -0.4 is 0 Å². The molecule has 4 atom stereocenters. The van der Waals surface area contributed by atoms with Gasteiger partial charge in [-0.3, -0.25) is 0 Å². The van der Waals surface area contributed by atoms with E-state index in [-0.39, 0.29) is 5.39 Å². The molecule has 2 aromatic rings. The average molecular weight is 378 g/mol. The second kappa shape index (κ2) is 7.10. The van der Waals surface area contributed by atoms with Crippen LogP contribution in [0.2, 0.25) is 0 Å². The molecule has 27 heavy (non-hydrogen) atoms. The molecule has 0 amide bonds. The van der Waals surface area contributed by atoms with Crippen LogP contribution in [-0.2, 0) is 6.18 Å². The van der Waals surface area contributed by atoms with Gasteiger partial charge in [0.15, 0.2) is 0 Å². The van der Waals surface area contributed by atoms with Crippen molar-refractivity contribution in [1.29, 1.82) is 0 Å². The Morgan fingerprint density at radius 3 is 2.41 bits per heavy atom. The van der Waals surface area contributed by atoms with Gasteiger partial charge in [0, 0.05) is 5.39 Å². The van der Waals surface area contributed by atoms with Gasteiger partial charge in [-0.2, -0.15) is 13.2 Å². The number of hydrogen-bond acceptors (Lipinski definition) is 0. The summed E-state index contributed by atoms with van der Waals surface area (Å²) in [6, 6.07) is 6.76. The predicted octanol–water partition coefficient (Wildman–Crippen LogP) is 7.71. The second-order valence-corrected chi connectivity index (χ2v) is 8.55. The number of rotatable bonds is 2. The molecule has 0 nitrogen and oxygen atoms in total. The third-order valence-electron chi connectivity index (χ3n) is 7.02. The molecule has 0 aliphatic heterocycles. The zero-order valence-electron chi connectivity index (χ0n) is 15.7. The van der Waals surface area contributed by atoms with Gasteiger partial charge in [-0.05, 0) is 84.9 Å². The topological polar surface area (TPSA) is 0 Å². The van der Waals surface area contributed by atoms with Gasteiger partial charge in [0.2, 0.25) is 0 Å². The third kappa shape index (κ3) is 3.72. The van der Waals surface area contributed by atoms with Gasteiger partial charge in [0.25, 0.3) is 0 Å². The lowest BCUT2D eigenvalue weighted by atomic mass is 9.63. The highest BCUT2D eigenvalue weighted by atomic mass is 19.4. The van der Waals surface area contributed by atoms with E-state index >= 15 is 0 Å². The molecule has 2 unspecified atom stereocenters. The number of benzene rings is 2. The molecule has 146 valence electrons. The molecule has 0 heterocycles. The molecule has 2 fully saturated rings. The molecule has 0 radical (unpaired) electrons. The highest BCUT2D eigenvalue weighted by Crippen LogP contribution is 2.48. The Morgan fingerprint density at radius 2 is 1.67 bits per heavy atom. The maximum absolute atomic E-state index is 14.6. The van der Waals surface area contributed by atoms with E-state index < -0.39 is 17.6 Å². The van der Waals surface area contributed by atoms with Gasteiger partial charge in [-0.15, -0.1) is 0 Å². The van der Waals surface area contributed by atoms with E-state index in [0.29, 0.717) is 11.3 Å². The maximum Gasteiger partial charge on any atom is 0.416 e. The molecule has 2 aliphatic carbocycles. The molecule has 4 rings (SSSR count). The van der Waals surface area contributed by atoms with Gasteiger partial charge >= 0.3 is 6.18 Å². The van der Waals surface area contributed by atoms with Crippen LogP contribution in [0.3, 0.4) is 0 Å². The summed E-state index contributed by atoms with van der Waals surface area (Å²) in [6.45, 7) is 2.28. The number of halogens is 4. The fraction of sp³-hybridized carbons (Fsp3) is 0.565. The minimum atomic E-state index is -4.45. The van der Waals surface area contributed by atoms with Crippen molar-refractivity contribution >= 4 is 10.8 Å². The first-order chi connectivity index (χ1) is 12.8. The maximum atomic E-state index is 14.6. The molecule has 2 aromatic carbocycles. The van der Waals surface area contributed by atoms with E-state index in [1.54, 1.807) is 0 Å². The lowest BCUT2D eigenvalue weighted by molar-refractivity contribution is -0.137. The van der Waals surface area contributed by atoms with E-state index in [9.17, 15) is 17.6 Å². The largest absolute Gasteiger partial charge is 0.416 e. The first-order valence-corrected chi connectivity index (χ1v) is 10.2. The van der Waals surface area contributed by atoms with Crippen molar-refractivity contribution in [3.8, 4) is 0 Å². The third-order valence-corrected chi connectivity index (χ3v) is 7.02. The van der Waals surface area contributed by atoms with Crippen LogP contribution in [0.25, 0.3) is 10.8 Å². The van der Waals surface area contributed by atoms with Crippen molar-refractivity contribution in [2.45, 2.75) is 64.0 Å². The van der Waals surface area contributed by atoms with Gasteiger partial charge in [-0.1, -0.05) is 31.9 Å². The SMILES string of the molecule is CC[C@@H]1CC[C@@H]2CC(c3cc(F)c4cc(C(F)(F)F)ccc4c3)CCC2C1. The van der Waals surface area contributed by atoms with Crippen LogP contribution >= 0.6 is 0 Å². The van der Waals surface area contributed by atoms with Crippen LogP contribution in [0.1, 0.15) is 68.9 Å². The molecule has 4 heteroatoms. The average Bonchev–Trinajstić information content (AvgIpc) is 2.66. The van der Waals surface area contributed by atoms with Crippen LogP contribution in [-0.4, -0.2) is 0 Å². The summed E-state index contributed by atoms with van der Waals surface area (Å²) in [4.78, 5) is 0. The predicted molar refractivity (Wildman–Crippen MR) is 100 cm³/mol. The van der Waals surface area contributed by atoms with Gasteiger partial charge in [0.05, 0.1) is 5.56 Å². The van der Waals surface area contributed by atoms with E-state index in [1.165, 1.54) is 44.2 Å². The van der Waals surface area contributed by atoms with Crippen molar-refractivity contribution in [3.05, 3.63) is 47.3 Å². The Kier molecular flexibility index (Phi) is 4.94. The monoisotopic (exact) mass is 378 g/mol. The zero-order valence-corrected chi connectivity index (χ0v) is 15.7. The van der Waals surface area contributed by atoms with E-state index in [4.69, 9.17) is 0 Å². The molecular formula is C23H26F4. The highest BCUT2D eigenvalue weighted by Gasteiger charge is 2.36. The number of alkyl halides is 3. The molecule has 0 saturated heterocycles. The molecule has 2 aliphatic rings. The summed E-state index contributed by atoms with van der Waals surface area (Å²) in [5, 5.41) is 0.625.